The van der Waals surface area contributed by atoms with Crippen molar-refractivity contribution in [1.29, 1.82) is 0 Å². The Morgan fingerprint density at radius 1 is 1.35 bits per heavy atom. The zero-order valence-corrected chi connectivity index (χ0v) is 12.0. The molecule has 1 atom stereocenters. The molecule has 0 saturated carbocycles. The van der Waals surface area contributed by atoms with Gasteiger partial charge in [-0.05, 0) is 37.9 Å². The van der Waals surface area contributed by atoms with Crippen molar-refractivity contribution in [1.82, 2.24) is 15.3 Å². The molecule has 2 aliphatic heterocycles. The zero-order chi connectivity index (χ0) is 13.6. The van der Waals surface area contributed by atoms with Crippen LogP contribution in [-0.2, 0) is 0 Å². The minimum atomic E-state index is 0.290. The number of halogens is 1. The second-order valence-corrected chi connectivity index (χ2v) is 6.21. The predicted octanol–water partition coefficient (Wildman–Crippen LogP) is 2.62. The molecule has 104 valence electrons. The normalized spacial score (nSPS) is 25.9. The Bertz CT molecular complexity index is 651. The molecule has 5 heteroatoms. The Morgan fingerprint density at radius 2 is 2.30 bits per heavy atom. The van der Waals surface area contributed by atoms with E-state index in [9.17, 15) is 0 Å². The standard InChI is InChI=1S/C15H17ClN4/c16-13-9-12-11(3-1-6-17-12)14(19-13)20-8-5-15(10-20)4-2-7-18-15/h1,3,6,9,18H,2,4-5,7-8,10H2. The molecule has 0 aromatic carbocycles. The molecule has 20 heavy (non-hydrogen) atoms. The van der Waals surface area contributed by atoms with E-state index in [1.165, 1.54) is 19.3 Å². The van der Waals surface area contributed by atoms with E-state index in [1.807, 2.05) is 12.1 Å². The fourth-order valence-electron chi connectivity index (χ4n) is 3.54. The molecule has 2 aromatic heterocycles. The molecule has 1 spiro atoms. The number of anilines is 1. The first-order valence-corrected chi connectivity index (χ1v) is 7.55. The number of rotatable bonds is 1. The molecule has 0 amide bonds. The zero-order valence-electron chi connectivity index (χ0n) is 11.3. The summed E-state index contributed by atoms with van der Waals surface area (Å²) in [6.07, 6.45) is 5.52. The number of aromatic nitrogens is 2. The van der Waals surface area contributed by atoms with Crippen LogP contribution in [0.2, 0.25) is 5.15 Å². The van der Waals surface area contributed by atoms with Crippen LogP contribution in [0.5, 0.6) is 0 Å². The number of hydrogen-bond donors (Lipinski definition) is 1. The Hall–Kier alpha value is -1.39. The Labute approximate surface area is 123 Å². The van der Waals surface area contributed by atoms with Crippen LogP contribution in [0.1, 0.15) is 19.3 Å². The summed E-state index contributed by atoms with van der Waals surface area (Å²) >= 11 is 6.16. The Balaban J connectivity index is 1.75. The van der Waals surface area contributed by atoms with Gasteiger partial charge in [-0.3, -0.25) is 4.98 Å². The summed E-state index contributed by atoms with van der Waals surface area (Å²) in [5.41, 5.74) is 1.21. The fraction of sp³-hybridized carbons (Fsp3) is 0.467. The number of hydrogen-bond acceptors (Lipinski definition) is 4. The molecule has 1 unspecified atom stereocenters. The first-order chi connectivity index (χ1) is 9.76. The lowest BCUT2D eigenvalue weighted by Gasteiger charge is -2.25. The van der Waals surface area contributed by atoms with Gasteiger partial charge in [-0.1, -0.05) is 11.6 Å². The predicted molar refractivity (Wildman–Crippen MR) is 81.3 cm³/mol. The summed E-state index contributed by atoms with van der Waals surface area (Å²) < 4.78 is 0. The third-order valence-electron chi connectivity index (χ3n) is 4.53. The van der Waals surface area contributed by atoms with E-state index in [2.05, 4.69) is 26.3 Å². The second kappa shape index (κ2) is 4.57. The smallest absolute Gasteiger partial charge is 0.139 e. The van der Waals surface area contributed by atoms with Gasteiger partial charge >= 0.3 is 0 Å². The average Bonchev–Trinajstić information content (AvgIpc) is 3.09. The van der Waals surface area contributed by atoms with Crippen LogP contribution in [0.15, 0.2) is 24.4 Å². The Kier molecular flexibility index (Phi) is 2.82. The van der Waals surface area contributed by atoms with Gasteiger partial charge in [0.05, 0.1) is 5.52 Å². The van der Waals surface area contributed by atoms with Crippen molar-refractivity contribution in [3.63, 3.8) is 0 Å². The molecule has 4 rings (SSSR count). The van der Waals surface area contributed by atoms with Crippen molar-refractivity contribution in [2.24, 2.45) is 0 Å². The molecular weight excluding hydrogens is 272 g/mol. The maximum Gasteiger partial charge on any atom is 0.139 e. The molecule has 2 fully saturated rings. The lowest BCUT2D eigenvalue weighted by Crippen LogP contribution is -2.42. The maximum atomic E-state index is 6.16. The summed E-state index contributed by atoms with van der Waals surface area (Å²) in [6, 6.07) is 5.87. The molecule has 2 aliphatic rings. The van der Waals surface area contributed by atoms with Gasteiger partial charge in [-0.15, -0.1) is 0 Å². The summed E-state index contributed by atoms with van der Waals surface area (Å²) in [6.45, 7) is 3.19. The molecule has 4 nitrogen and oxygen atoms in total. The van der Waals surface area contributed by atoms with E-state index in [4.69, 9.17) is 11.6 Å². The average molecular weight is 289 g/mol. The molecule has 2 aromatic rings. The quantitative estimate of drug-likeness (QED) is 0.819. The summed E-state index contributed by atoms with van der Waals surface area (Å²) in [4.78, 5) is 11.3. The summed E-state index contributed by atoms with van der Waals surface area (Å²) in [5, 5.41) is 5.29. The highest BCUT2D eigenvalue weighted by molar-refractivity contribution is 6.30. The van der Waals surface area contributed by atoms with Crippen LogP contribution >= 0.6 is 11.6 Å². The molecular formula is C15H17ClN4. The van der Waals surface area contributed by atoms with Crippen molar-refractivity contribution in [3.8, 4) is 0 Å². The van der Waals surface area contributed by atoms with E-state index in [1.54, 1.807) is 6.20 Å². The largest absolute Gasteiger partial charge is 0.354 e. The van der Waals surface area contributed by atoms with E-state index in [0.717, 1.165) is 36.4 Å². The lowest BCUT2D eigenvalue weighted by atomic mass is 9.97. The fourth-order valence-corrected chi connectivity index (χ4v) is 3.72. The van der Waals surface area contributed by atoms with E-state index < -0.39 is 0 Å². The van der Waals surface area contributed by atoms with Gasteiger partial charge in [0.15, 0.2) is 0 Å². The van der Waals surface area contributed by atoms with Gasteiger partial charge < -0.3 is 10.2 Å². The minimum Gasteiger partial charge on any atom is -0.354 e. The van der Waals surface area contributed by atoms with Crippen LogP contribution in [0.4, 0.5) is 5.82 Å². The van der Waals surface area contributed by atoms with Gasteiger partial charge in [-0.25, -0.2) is 4.98 Å². The van der Waals surface area contributed by atoms with Crippen LogP contribution in [0.3, 0.4) is 0 Å². The summed E-state index contributed by atoms with van der Waals surface area (Å²) in [5.74, 6) is 0.978. The van der Waals surface area contributed by atoms with Crippen LogP contribution < -0.4 is 10.2 Å². The van der Waals surface area contributed by atoms with Gasteiger partial charge in [0.2, 0.25) is 0 Å². The van der Waals surface area contributed by atoms with Crippen molar-refractivity contribution in [2.75, 3.05) is 24.5 Å². The maximum absolute atomic E-state index is 6.16. The molecule has 0 aliphatic carbocycles. The highest BCUT2D eigenvalue weighted by atomic mass is 35.5. The van der Waals surface area contributed by atoms with Crippen molar-refractivity contribution in [2.45, 2.75) is 24.8 Å². The first-order valence-electron chi connectivity index (χ1n) is 7.17. The number of fused-ring (bicyclic) bond motifs is 1. The van der Waals surface area contributed by atoms with Crippen molar-refractivity contribution < 1.29 is 0 Å². The third kappa shape index (κ3) is 1.95. The van der Waals surface area contributed by atoms with Crippen molar-refractivity contribution >= 4 is 28.3 Å². The minimum absolute atomic E-state index is 0.290. The SMILES string of the molecule is Clc1cc2ncccc2c(N2CCC3(CCCN3)C2)n1. The molecule has 0 bridgehead atoms. The topological polar surface area (TPSA) is 41.1 Å². The molecule has 0 radical (unpaired) electrons. The van der Waals surface area contributed by atoms with Gasteiger partial charge in [0.1, 0.15) is 11.0 Å². The number of nitrogens with one attached hydrogen (secondary N) is 1. The van der Waals surface area contributed by atoms with Crippen LogP contribution in [0.25, 0.3) is 10.9 Å². The third-order valence-corrected chi connectivity index (χ3v) is 4.73. The highest BCUT2D eigenvalue weighted by Crippen LogP contribution is 2.35. The number of pyridine rings is 2. The molecule has 4 heterocycles. The van der Waals surface area contributed by atoms with Crippen LogP contribution in [-0.4, -0.2) is 35.1 Å². The van der Waals surface area contributed by atoms with E-state index in [-0.39, 0.29) is 0 Å². The van der Waals surface area contributed by atoms with Gasteiger partial charge in [0, 0.05) is 36.3 Å². The van der Waals surface area contributed by atoms with E-state index in [0.29, 0.717) is 10.7 Å². The molecule has 2 saturated heterocycles. The van der Waals surface area contributed by atoms with Crippen molar-refractivity contribution in [3.05, 3.63) is 29.5 Å². The van der Waals surface area contributed by atoms with E-state index >= 15 is 0 Å². The van der Waals surface area contributed by atoms with Gasteiger partial charge in [-0.2, -0.15) is 0 Å². The first kappa shape index (κ1) is 12.4. The molecule has 1 N–H and O–H groups in total. The highest BCUT2D eigenvalue weighted by Gasteiger charge is 2.40. The number of nitrogens with zero attached hydrogens (tertiary/aromatic N) is 3. The summed E-state index contributed by atoms with van der Waals surface area (Å²) in [7, 11) is 0. The Morgan fingerprint density at radius 3 is 3.15 bits per heavy atom. The lowest BCUT2D eigenvalue weighted by molar-refractivity contribution is 0.418. The van der Waals surface area contributed by atoms with Crippen LogP contribution in [0, 0.1) is 0 Å². The second-order valence-electron chi connectivity index (χ2n) is 5.82. The van der Waals surface area contributed by atoms with Gasteiger partial charge in [0.25, 0.3) is 0 Å². The monoisotopic (exact) mass is 288 g/mol.